The number of para-hydroxylation sites is 1. The van der Waals surface area contributed by atoms with Crippen LogP contribution in [0.1, 0.15) is 11.3 Å². The molecule has 0 saturated heterocycles. The zero-order valence-corrected chi connectivity index (χ0v) is 17.3. The Morgan fingerprint density at radius 2 is 1.77 bits per heavy atom. The summed E-state index contributed by atoms with van der Waals surface area (Å²) in [5.41, 5.74) is 1.34. The van der Waals surface area contributed by atoms with E-state index in [9.17, 15) is 9.59 Å². The smallest absolute Gasteiger partial charge is 0.272 e. The fourth-order valence-electron chi connectivity index (χ4n) is 3.25. The number of carbonyl (C=O) groups is 2. The van der Waals surface area contributed by atoms with Crippen LogP contribution >= 0.6 is 11.8 Å². The van der Waals surface area contributed by atoms with Gasteiger partial charge in [-0.05, 0) is 30.3 Å². The Balaban J connectivity index is 1.79. The zero-order chi connectivity index (χ0) is 21.1. The molecule has 1 aromatic heterocycles. The normalized spacial score (nSPS) is 13.9. The van der Waals surface area contributed by atoms with Crippen molar-refractivity contribution in [3.05, 3.63) is 83.2 Å². The average Bonchev–Trinajstić information content (AvgIpc) is 3.38. The number of thioether (sulfide) groups is 1. The van der Waals surface area contributed by atoms with Crippen molar-refractivity contribution in [2.75, 3.05) is 19.1 Å². The maximum atomic E-state index is 13.5. The highest BCUT2D eigenvalue weighted by atomic mass is 32.2. The van der Waals surface area contributed by atoms with Crippen LogP contribution in [0, 0.1) is 0 Å². The van der Waals surface area contributed by atoms with E-state index in [4.69, 9.17) is 13.9 Å². The molecule has 0 atom stereocenters. The van der Waals surface area contributed by atoms with Gasteiger partial charge < -0.3 is 13.9 Å². The molecule has 2 heterocycles. The SMILES string of the molecule is COc1cccc(N2C(=O)C(SCc3ccco3)=C(c3ccccc3OC)C2=O)c1. The Morgan fingerprint density at radius 1 is 0.933 bits per heavy atom. The maximum Gasteiger partial charge on any atom is 0.272 e. The average molecular weight is 421 g/mol. The number of amides is 2. The van der Waals surface area contributed by atoms with Gasteiger partial charge in [-0.2, -0.15) is 0 Å². The summed E-state index contributed by atoms with van der Waals surface area (Å²) in [7, 11) is 3.08. The lowest BCUT2D eigenvalue weighted by atomic mass is 10.0. The van der Waals surface area contributed by atoms with Gasteiger partial charge in [-0.15, -0.1) is 11.8 Å². The van der Waals surface area contributed by atoms with Crippen molar-refractivity contribution in [1.82, 2.24) is 0 Å². The van der Waals surface area contributed by atoms with Crippen molar-refractivity contribution in [3.63, 3.8) is 0 Å². The Labute approximate surface area is 178 Å². The Morgan fingerprint density at radius 3 is 2.50 bits per heavy atom. The summed E-state index contributed by atoms with van der Waals surface area (Å²) in [4.78, 5) is 28.4. The molecule has 0 unspecified atom stereocenters. The molecule has 3 aromatic rings. The van der Waals surface area contributed by atoms with Crippen LogP contribution in [0.25, 0.3) is 5.57 Å². The van der Waals surface area contributed by atoms with Crippen molar-refractivity contribution in [2.45, 2.75) is 5.75 Å². The number of imide groups is 1. The van der Waals surface area contributed by atoms with Crippen LogP contribution in [0.15, 0.2) is 76.2 Å². The lowest BCUT2D eigenvalue weighted by molar-refractivity contribution is -0.119. The highest BCUT2D eigenvalue weighted by molar-refractivity contribution is 8.03. The van der Waals surface area contributed by atoms with E-state index in [2.05, 4.69) is 0 Å². The van der Waals surface area contributed by atoms with Crippen molar-refractivity contribution >= 4 is 34.8 Å². The number of nitrogens with zero attached hydrogens (tertiary/aromatic N) is 1. The number of ether oxygens (including phenoxy) is 2. The number of anilines is 1. The maximum absolute atomic E-state index is 13.5. The van der Waals surface area contributed by atoms with Crippen molar-refractivity contribution in [2.24, 2.45) is 0 Å². The quantitative estimate of drug-likeness (QED) is 0.523. The number of methoxy groups -OCH3 is 2. The molecule has 4 rings (SSSR count). The highest BCUT2D eigenvalue weighted by Crippen LogP contribution is 2.42. The summed E-state index contributed by atoms with van der Waals surface area (Å²) in [6.07, 6.45) is 1.58. The molecule has 2 aromatic carbocycles. The van der Waals surface area contributed by atoms with Crippen LogP contribution in [0.3, 0.4) is 0 Å². The number of hydrogen-bond acceptors (Lipinski definition) is 6. The first kappa shape index (κ1) is 19.8. The molecule has 152 valence electrons. The predicted octanol–water partition coefficient (Wildman–Crippen LogP) is 4.51. The van der Waals surface area contributed by atoms with E-state index in [1.807, 2.05) is 18.2 Å². The van der Waals surface area contributed by atoms with Gasteiger partial charge >= 0.3 is 0 Å². The summed E-state index contributed by atoms with van der Waals surface area (Å²) in [6.45, 7) is 0. The highest BCUT2D eigenvalue weighted by Gasteiger charge is 2.41. The molecular formula is C23H19NO5S. The second-order valence-corrected chi connectivity index (χ2v) is 7.41. The van der Waals surface area contributed by atoms with Gasteiger partial charge in [0.25, 0.3) is 11.8 Å². The van der Waals surface area contributed by atoms with Gasteiger partial charge in [-0.3, -0.25) is 9.59 Å². The largest absolute Gasteiger partial charge is 0.497 e. The summed E-state index contributed by atoms with van der Waals surface area (Å²) >= 11 is 1.27. The Hall–Kier alpha value is -3.45. The standard InChI is InChI=1S/C23H19NO5S/c1-27-16-8-5-7-15(13-16)24-22(25)20(18-10-3-4-11-19(18)28-2)21(23(24)26)30-14-17-9-6-12-29-17/h3-13H,14H2,1-2H3. The molecule has 0 aliphatic carbocycles. The minimum absolute atomic E-state index is 0.317. The van der Waals surface area contributed by atoms with Crippen LogP contribution < -0.4 is 14.4 Å². The summed E-state index contributed by atoms with van der Waals surface area (Å²) in [5.74, 6) is 1.43. The minimum Gasteiger partial charge on any atom is -0.497 e. The molecule has 0 radical (unpaired) electrons. The Kier molecular flexibility index (Phi) is 5.63. The van der Waals surface area contributed by atoms with Gasteiger partial charge in [0.2, 0.25) is 0 Å². The first-order valence-corrected chi connectivity index (χ1v) is 10.2. The van der Waals surface area contributed by atoms with Crippen LogP contribution in [-0.4, -0.2) is 26.0 Å². The Bertz CT molecular complexity index is 1120. The lowest BCUT2D eigenvalue weighted by Gasteiger charge is -2.16. The molecule has 6 nitrogen and oxygen atoms in total. The number of rotatable bonds is 7. The molecular weight excluding hydrogens is 402 g/mol. The van der Waals surface area contributed by atoms with Crippen LogP contribution in [0.2, 0.25) is 0 Å². The van der Waals surface area contributed by atoms with E-state index >= 15 is 0 Å². The van der Waals surface area contributed by atoms with E-state index in [0.717, 1.165) is 0 Å². The van der Waals surface area contributed by atoms with Gasteiger partial charge in [0.15, 0.2) is 0 Å². The summed E-state index contributed by atoms with van der Waals surface area (Å²) in [6, 6.07) is 17.7. The molecule has 1 aliphatic heterocycles. The lowest BCUT2D eigenvalue weighted by Crippen LogP contribution is -2.31. The first-order valence-electron chi connectivity index (χ1n) is 9.19. The predicted molar refractivity (Wildman–Crippen MR) is 115 cm³/mol. The summed E-state index contributed by atoms with van der Waals surface area (Å²) < 4.78 is 16.1. The van der Waals surface area contributed by atoms with Gasteiger partial charge in [-0.1, -0.05) is 24.3 Å². The molecule has 7 heteroatoms. The third kappa shape index (κ3) is 3.59. The summed E-state index contributed by atoms with van der Waals surface area (Å²) in [5, 5.41) is 0. The van der Waals surface area contributed by atoms with Crippen molar-refractivity contribution in [1.29, 1.82) is 0 Å². The zero-order valence-electron chi connectivity index (χ0n) is 16.5. The minimum atomic E-state index is -0.403. The molecule has 0 N–H and O–H groups in total. The van der Waals surface area contributed by atoms with Crippen LogP contribution in [-0.2, 0) is 15.3 Å². The molecule has 30 heavy (non-hydrogen) atoms. The fraction of sp³-hybridized carbons (Fsp3) is 0.130. The van der Waals surface area contributed by atoms with Crippen LogP contribution in [0.4, 0.5) is 5.69 Å². The molecule has 0 saturated carbocycles. The van der Waals surface area contributed by atoms with Crippen LogP contribution in [0.5, 0.6) is 11.5 Å². The van der Waals surface area contributed by atoms with Crippen molar-refractivity contribution < 1.29 is 23.5 Å². The number of benzene rings is 2. The molecule has 2 amide bonds. The van der Waals surface area contributed by atoms with E-state index in [0.29, 0.717) is 44.7 Å². The monoisotopic (exact) mass is 421 g/mol. The topological polar surface area (TPSA) is 69.0 Å². The molecule has 0 fully saturated rings. The van der Waals surface area contributed by atoms with E-state index in [1.165, 1.54) is 30.9 Å². The van der Waals surface area contributed by atoms with Gasteiger partial charge in [0.1, 0.15) is 17.3 Å². The third-order valence-electron chi connectivity index (χ3n) is 4.67. The van der Waals surface area contributed by atoms with E-state index < -0.39 is 5.91 Å². The second-order valence-electron chi connectivity index (χ2n) is 6.42. The van der Waals surface area contributed by atoms with E-state index in [-0.39, 0.29) is 5.91 Å². The molecule has 0 spiro atoms. The third-order valence-corrected chi connectivity index (χ3v) is 5.76. The van der Waals surface area contributed by atoms with Gasteiger partial charge in [0.05, 0.1) is 42.4 Å². The molecule has 0 bridgehead atoms. The fourth-order valence-corrected chi connectivity index (χ4v) is 4.26. The van der Waals surface area contributed by atoms with Gasteiger partial charge in [-0.25, -0.2) is 4.90 Å². The second kappa shape index (κ2) is 8.51. The van der Waals surface area contributed by atoms with Crippen molar-refractivity contribution in [3.8, 4) is 11.5 Å². The number of carbonyl (C=O) groups excluding carboxylic acids is 2. The number of hydrogen-bond donors (Lipinski definition) is 0. The molecule has 1 aliphatic rings. The van der Waals surface area contributed by atoms with E-state index in [1.54, 1.807) is 48.7 Å². The van der Waals surface area contributed by atoms with Gasteiger partial charge in [0, 0.05) is 11.6 Å². The first-order chi connectivity index (χ1) is 14.6. The number of furan rings is 1.